The molecule has 3 rings (SSSR count). The zero-order valence-corrected chi connectivity index (χ0v) is 8.70. The summed E-state index contributed by atoms with van der Waals surface area (Å²) in [6, 6.07) is 7.77. The van der Waals surface area contributed by atoms with Gasteiger partial charge < -0.3 is 0 Å². The predicted molar refractivity (Wildman–Crippen MR) is 59.2 cm³/mol. The first-order chi connectivity index (χ1) is 7.84. The minimum Gasteiger partial charge on any atom is -0.248 e. The quantitative estimate of drug-likeness (QED) is 0.612. The molecule has 0 amide bonds. The molecular formula is C11H9N5. The number of nitrogens with zero attached hydrogens (tertiary/aromatic N) is 5. The maximum absolute atomic E-state index is 4.52. The average molecular weight is 211 g/mol. The summed E-state index contributed by atoms with van der Waals surface area (Å²) in [4.78, 5) is 12.9. The van der Waals surface area contributed by atoms with Gasteiger partial charge >= 0.3 is 0 Å². The molecule has 0 N–H and O–H groups in total. The molecule has 0 atom stereocenters. The summed E-state index contributed by atoms with van der Waals surface area (Å²) in [5.74, 6) is 0.719. The molecule has 2 aromatic heterocycles. The third kappa shape index (κ3) is 1.33. The average Bonchev–Trinajstić information content (AvgIpc) is 2.81. The van der Waals surface area contributed by atoms with E-state index in [1.54, 1.807) is 11.0 Å². The van der Waals surface area contributed by atoms with E-state index in [1.165, 1.54) is 6.33 Å². The second-order valence-corrected chi connectivity index (χ2v) is 3.46. The predicted octanol–water partition coefficient (Wildman–Crippen LogP) is 1.52. The fourth-order valence-electron chi connectivity index (χ4n) is 1.61. The molecule has 0 spiro atoms. The minimum atomic E-state index is 0.719. The number of rotatable bonds is 1. The molecule has 0 radical (unpaired) electrons. The van der Waals surface area contributed by atoms with Gasteiger partial charge in [-0.2, -0.15) is 5.10 Å². The van der Waals surface area contributed by atoms with Crippen molar-refractivity contribution in [3.05, 3.63) is 42.6 Å². The van der Waals surface area contributed by atoms with E-state index in [0.29, 0.717) is 0 Å². The SMILES string of the molecule is Cc1nc2ccccc2nc1-n1cncn1. The molecule has 5 heteroatoms. The van der Waals surface area contributed by atoms with Crippen LogP contribution in [0.1, 0.15) is 5.69 Å². The van der Waals surface area contributed by atoms with Gasteiger partial charge in [-0.15, -0.1) is 0 Å². The molecule has 0 aliphatic rings. The van der Waals surface area contributed by atoms with Crippen LogP contribution in [0.25, 0.3) is 16.9 Å². The van der Waals surface area contributed by atoms with Crippen LogP contribution in [0.5, 0.6) is 0 Å². The first-order valence-corrected chi connectivity index (χ1v) is 4.93. The van der Waals surface area contributed by atoms with Gasteiger partial charge in [0, 0.05) is 0 Å². The smallest absolute Gasteiger partial charge is 0.177 e. The van der Waals surface area contributed by atoms with Crippen LogP contribution in [0, 0.1) is 6.92 Å². The van der Waals surface area contributed by atoms with Crippen molar-refractivity contribution in [1.82, 2.24) is 24.7 Å². The van der Waals surface area contributed by atoms with Gasteiger partial charge in [-0.05, 0) is 19.1 Å². The number of fused-ring (bicyclic) bond motifs is 1. The molecule has 0 fully saturated rings. The molecule has 1 aromatic carbocycles. The minimum absolute atomic E-state index is 0.719. The van der Waals surface area contributed by atoms with Gasteiger partial charge in [-0.25, -0.2) is 19.6 Å². The van der Waals surface area contributed by atoms with Gasteiger partial charge in [-0.3, -0.25) is 0 Å². The molecule has 0 bridgehead atoms. The Bertz CT molecular complexity index is 630. The van der Waals surface area contributed by atoms with Gasteiger partial charge in [-0.1, -0.05) is 12.1 Å². The van der Waals surface area contributed by atoms with Gasteiger partial charge in [0.15, 0.2) is 5.82 Å². The summed E-state index contributed by atoms with van der Waals surface area (Å²) in [6.45, 7) is 1.91. The number of hydrogen-bond acceptors (Lipinski definition) is 4. The maximum Gasteiger partial charge on any atom is 0.177 e. The van der Waals surface area contributed by atoms with Gasteiger partial charge in [0.25, 0.3) is 0 Å². The molecule has 0 saturated carbocycles. The molecular weight excluding hydrogens is 202 g/mol. The molecule has 2 heterocycles. The van der Waals surface area contributed by atoms with E-state index in [1.807, 2.05) is 31.2 Å². The lowest BCUT2D eigenvalue weighted by Crippen LogP contribution is -2.03. The van der Waals surface area contributed by atoms with Gasteiger partial charge in [0.2, 0.25) is 0 Å². The first-order valence-electron chi connectivity index (χ1n) is 4.93. The van der Waals surface area contributed by atoms with Crippen LogP contribution in [-0.2, 0) is 0 Å². The highest BCUT2D eigenvalue weighted by atomic mass is 15.3. The van der Waals surface area contributed by atoms with Crippen LogP contribution in [0.15, 0.2) is 36.9 Å². The summed E-state index contributed by atoms with van der Waals surface area (Å²) in [6.07, 6.45) is 3.10. The lowest BCUT2D eigenvalue weighted by Gasteiger charge is -2.05. The lowest BCUT2D eigenvalue weighted by atomic mass is 10.3. The van der Waals surface area contributed by atoms with Crippen molar-refractivity contribution in [3.8, 4) is 5.82 Å². The number of aryl methyl sites for hydroxylation is 1. The maximum atomic E-state index is 4.52. The molecule has 5 nitrogen and oxygen atoms in total. The fourth-order valence-corrected chi connectivity index (χ4v) is 1.61. The highest BCUT2D eigenvalue weighted by molar-refractivity contribution is 5.75. The summed E-state index contributed by atoms with van der Waals surface area (Å²) in [5.41, 5.74) is 2.59. The van der Waals surface area contributed by atoms with Crippen molar-refractivity contribution in [2.45, 2.75) is 6.92 Å². The van der Waals surface area contributed by atoms with Gasteiger partial charge in [0.05, 0.1) is 16.7 Å². The summed E-state index contributed by atoms with van der Waals surface area (Å²) in [5, 5.41) is 4.06. The number of hydrogen-bond donors (Lipinski definition) is 0. The van der Waals surface area contributed by atoms with Gasteiger partial charge in [0.1, 0.15) is 12.7 Å². The first kappa shape index (κ1) is 8.96. The van der Waals surface area contributed by atoms with E-state index in [0.717, 1.165) is 22.5 Å². The van der Waals surface area contributed by atoms with Crippen molar-refractivity contribution < 1.29 is 0 Å². The zero-order valence-electron chi connectivity index (χ0n) is 8.70. The van der Waals surface area contributed by atoms with Crippen LogP contribution in [0.2, 0.25) is 0 Å². The van der Waals surface area contributed by atoms with Crippen molar-refractivity contribution >= 4 is 11.0 Å². The zero-order chi connectivity index (χ0) is 11.0. The van der Waals surface area contributed by atoms with Crippen LogP contribution in [0.4, 0.5) is 0 Å². The molecule has 16 heavy (non-hydrogen) atoms. The molecule has 0 unspecified atom stereocenters. The van der Waals surface area contributed by atoms with Crippen LogP contribution in [0.3, 0.4) is 0 Å². The highest BCUT2D eigenvalue weighted by Crippen LogP contribution is 2.14. The normalized spacial score (nSPS) is 10.8. The highest BCUT2D eigenvalue weighted by Gasteiger charge is 2.06. The fraction of sp³-hybridized carbons (Fsp3) is 0.0909. The Morgan fingerprint density at radius 1 is 1.06 bits per heavy atom. The van der Waals surface area contributed by atoms with E-state index in [-0.39, 0.29) is 0 Å². The Morgan fingerprint density at radius 2 is 1.81 bits per heavy atom. The van der Waals surface area contributed by atoms with Crippen molar-refractivity contribution in [3.63, 3.8) is 0 Å². The van der Waals surface area contributed by atoms with Crippen LogP contribution < -0.4 is 0 Å². The van der Waals surface area contributed by atoms with Crippen molar-refractivity contribution in [1.29, 1.82) is 0 Å². The van der Waals surface area contributed by atoms with E-state index >= 15 is 0 Å². The number of aromatic nitrogens is 5. The Kier molecular flexibility index (Phi) is 1.89. The third-order valence-electron chi connectivity index (χ3n) is 2.36. The van der Waals surface area contributed by atoms with E-state index < -0.39 is 0 Å². The molecule has 0 aliphatic heterocycles. The largest absolute Gasteiger partial charge is 0.248 e. The topological polar surface area (TPSA) is 56.5 Å². The van der Waals surface area contributed by atoms with E-state index in [2.05, 4.69) is 20.1 Å². The Hall–Kier alpha value is -2.30. The Morgan fingerprint density at radius 3 is 2.50 bits per heavy atom. The number of para-hydroxylation sites is 2. The molecule has 0 saturated heterocycles. The van der Waals surface area contributed by atoms with Crippen LogP contribution in [-0.4, -0.2) is 24.7 Å². The standard InChI is InChI=1S/C11H9N5/c1-8-11(16-7-12-6-13-16)15-10-5-3-2-4-9(10)14-8/h2-7H,1H3. The summed E-state index contributed by atoms with van der Waals surface area (Å²) in [7, 11) is 0. The Labute approximate surface area is 91.8 Å². The third-order valence-corrected chi connectivity index (χ3v) is 2.36. The van der Waals surface area contributed by atoms with Crippen molar-refractivity contribution in [2.24, 2.45) is 0 Å². The van der Waals surface area contributed by atoms with Crippen LogP contribution >= 0.6 is 0 Å². The second-order valence-electron chi connectivity index (χ2n) is 3.46. The lowest BCUT2D eigenvalue weighted by molar-refractivity contribution is 0.832. The Balaban J connectivity index is 2.30. The molecule has 3 aromatic rings. The van der Waals surface area contributed by atoms with E-state index in [4.69, 9.17) is 0 Å². The van der Waals surface area contributed by atoms with Crippen molar-refractivity contribution in [2.75, 3.05) is 0 Å². The monoisotopic (exact) mass is 211 g/mol. The summed E-state index contributed by atoms with van der Waals surface area (Å²) >= 11 is 0. The molecule has 0 aliphatic carbocycles. The summed E-state index contributed by atoms with van der Waals surface area (Å²) < 4.78 is 1.62. The van der Waals surface area contributed by atoms with E-state index in [9.17, 15) is 0 Å². The number of benzene rings is 1. The molecule has 78 valence electrons. The second kappa shape index (κ2) is 3.37.